The van der Waals surface area contributed by atoms with E-state index in [0.29, 0.717) is 6.54 Å². The fourth-order valence-corrected chi connectivity index (χ4v) is 1.64. The number of hydrogen-bond acceptors (Lipinski definition) is 1. The Bertz CT molecular complexity index is 332. The van der Waals surface area contributed by atoms with E-state index in [0.717, 1.165) is 6.42 Å². The van der Waals surface area contributed by atoms with Crippen molar-refractivity contribution in [2.75, 3.05) is 6.54 Å². The van der Waals surface area contributed by atoms with Crippen molar-refractivity contribution in [3.05, 3.63) is 35.4 Å². The fourth-order valence-electron chi connectivity index (χ4n) is 1.64. The molecule has 74 valence electrons. The second-order valence-corrected chi connectivity index (χ2v) is 3.50. The number of aryl methyl sites for hydroxylation is 1. The molecule has 14 heavy (non-hydrogen) atoms. The minimum atomic E-state index is -0.0745. The van der Waals surface area contributed by atoms with E-state index in [1.807, 2.05) is 0 Å². The summed E-state index contributed by atoms with van der Waals surface area (Å²) >= 11 is 0. The van der Waals surface area contributed by atoms with E-state index in [9.17, 15) is 4.79 Å². The van der Waals surface area contributed by atoms with E-state index in [1.165, 1.54) is 11.1 Å². The third-order valence-corrected chi connectivity index (χ3v) is 2.56. The van der Waals surface area contributed by atoms with Crippen molar-refractivity contribution in [1.82, 2.24) is 10.6 Å². The predicted molar refractivity (Wildman–Crippen MR) is 55.1 cm³/mol. The van der Waals surface area contributed by atoms with Crippen LogP contribution in [0.5, 0.6) is 0 Å². The lowest BCUT2D eigenvalue weighted by Gasteiger charge is -2.09. The van der Waals surface area contributed by atoms with Crippen LogP contribution in [-0.4, -0.2) is 12.6 Å². The van der Waals surface area contributed by atoms with Gasteiger partial charge in [-0.15, -0.1) is 0 Å². The molecule has 1 aliphatic rings. The summed E-state index contributed by atoms with van der Waals surface area (Å²) in [6, 6.07) is 8.44. The summed E-state index contributed by atoms with van der Waals surface area (Å²) in [4.78, 5) is 10.9. The van der Waals surface area contributed by atoms with Gasteiger partial charge in [0.05, 0.1) is 6.04 Å². The molecule has 0 spiro atoms. The van der Waals surface area contributed by atoms with Gasteiger partial charge in [0.25, 0.3) is 0 Å². The number of carbonyl (C=O) groups is 1. The summed E-state index contributed by atoms with van der Waals surface area (Å²) in [5.41, 5.74) is 2.49. The third-order valence-electron chi connectivity index (χ3n) is 2.56. The molecule has 0 saturated carbocycles. The highest BCUT2D eigenvalue weighted by Crippen LogP contribution is 2.15. The zero-order valence-corrected chi connectivity index (χ0v) is 8.21. The molecule has 0 aliphatic carbocycles. The van der Waals surface area contributed by atoms with Gasteiger partial charge in [0.15, 0.2) is 0 Å². The number of rotatable bonds is 2. The maximum atomic E-state index is 10.9. The van der Waals surface area contributed by atoms with E-state index < -0.39 is 0 Å². The lowest BCUT2D eigenvalue weighted by molar-refractivity contribution is 0.247. The van der Waals surface area contributed by atoms with Crippen LogP contribution in [0.25, 0.3) is 0 Å². The number of amides is 2. The largest absolute Gasteiger partial charge is 0.336 e. The van der Waals surface area contributed by atoms with Crippen LogP contribution in [0.4, 0.5) is 4.79 Å². The first-order valence-corrected chi connectivity index (χ1v) is 4.93. The molecule has 0 aromatic heterocycles. The van der Waals surface area contributed by atoms with Crippen molar-refractivity contribution < 1.29 is 4.79 Å². The molecule has 1 saturated heterocycles. The number of carbonyl (C=O) groups excluding carboxylic acids is 1. The smallest absolute Gasteiger partial charge is 0.315 e. The van der Waals surface area contributed by atoms with E-state index >= 15 is 0 Å². The van der Waals surface area contributed by atoms with Gasteiger partial charge in [-0.2, -0.15) is 0 Å². The molecule has 2 N–H and O–H groups in total. The standard InChI is InChI=1S/C11H14N2O/c1-2-8-3-5-9(6-4-8)10-7-12-11(14)13-10/h3-6,10H,2,7H2,1H3,(H2,12,13,14)/t10-/m1/s1. The molecule has 3 nitrogen and oxygen atoms in total. The fraction of sp³-hybridized carbons (Fsp3) is 0.364. The lowest BCUT2D eigenvalue weighted by atomic mass is 10.0. The molecule has 1 atom stereocenters. The first kappa shape index (κ1) is 9.06. The monoisotopic (exact) mass is 190 g/mol. The van der Waals surface area contributed by atoms with Crippen LogP contribution in [0.15, 0.2) is 24.3 Å². The van der Waals surface area contributed by atoms with Crippen LogP contribution in [0.1, 0.15) is 24.1 Å². The second kappa shape index (κ2) is 3.70. The minimum Gasteiger partial charge on any atom is -0.336 e. The normalized spacial score (nSPS) is 20.4. The Morgan fingerprint density at radius 2 is 2.07 bits per heavy atom. The zero-order valence-electron chi connectivity index (χ0n) is 8.21. The van der Waals surface area contributed by atoms with Gasteiger partial charge in [-0.05, 0) is 17.5 Å². The minimum absolute atomic E-state index is 0.0745. The topological polar surface area (TPSA) is 41.1 Å². The van der Waals surface area contributed by atoms with Crippen LogP contribution in [-0.2, 0) is 6.42 Å². The molecule has 0 radical (unpaired) electrons. The van der Waals surface area contributed by atoms with Crippen LogP contribution in [0.2, 0.25) is 0 Å². The van der Waals surface area contributed by atoms with Gasteiger partial charge in [0.2, 0.25) is 0 Å². The summed E-state index contributed by atoms with van der Waals surface area (Å²) in [6.07, 6.45) is 1.05. The van der Waals surface area contributed by atoms with Gasteiger partial charge >= 0.3 is 6.03 Å². The molecule has 1 heterocycles. The molecular weight excluding hydrogens is 176 g/mol. The van der Waals surface area contributed by atoms with Crippen molar-refractivity contribution in [3.8, 4) is 0 Å². The highest BCUT2D eigenvalue weighted by Gasteiger charge is 2.20. The van der Waals surface area contributed by atoms with Gasteiger partial charge in [-0.3, -0.25) is 0 Å². The van der Waals surface area contributed by atoms with Crippen molar-refractivity contribution in [3.63, 3.8) is 0 Å². The third kappa shape index (κ3) is 1.71. The van der Waals surface area contributed by atoms with Crippen molar-refractivity contribution in [1.29, 1.82) is 0 Å². The predicted octanol–water partition coefficient (Wildman–Crippen LogP) is 1.60. The van der Waals surface area contributed by atoms with Crippen LogP contribution >= 0.6 is 0 Å². The molecule has 0 unspecified atom stereocenters. The van der Waals surface area contributed by atoms with Crippen LogP contribution < -0.4 is 10.6 Å². The highest BCUT2D eigenvalue weighted by molar-refractivity contribution is 5.76. The Balaban J connectivity index is 2.13. The number of urea groups is 1. The summed E-state index contributed by atoms with van der Waals surface area (Å²) in [6.45, 7) is 2.82. The Kier molecular flexibility index (Phi) is 2.39. The van der Waals surface area contributed by atoms with Gasteiger partial charge in [0.1, 0.15) is 0 Å². The van der Waals surface area contributed by atoms with Crippen LogP contribution in [0.3, 0.4) is 0 Å². The molecule has 1 aromatic carbocycles. The van der Waals surface area contributed by atoms with Crippen molar-refractivity contribution in [2.45, 2.75) is 19.4 Å². The molecular formula is C11H14N2O. The van der Waals surface area contributed by atoms with Gasteiger partial charge in [-0.1, -0.05) is 31.2 Å². The van der Waals surface area contributed by atoms with E-state index in [4.69, 9.17) is 0 Å². The SMILES string of the molecule is CCc1ccc([C@H]2CNC(=O)N2)cc1. The second-order valence-electron chi connectivity index (χ2n) is 3.50. The summed E-state index contributed by atoms with van der Waals surface area (Å²) in [5, 5.41) is 5.60. The molecule has 1 fully saturated rings. The number of hydrogen-bond donors (Lipinski definition) is 2. The summed E-state index contributed by atoms with van der Waals surface area (Å²) in [7, 11) is 0. The molecule has 3 heteroatoms. The van der Waals surface area contributed by atoms with E-state index in [1.54, 1.807) is 0 Å². The van der Waals surface area contributed by atoms with Crippen molar-refractivity contribution in [2.24, 2.45) is 0 Å². The van der Waals surface area contributed by atoms with E-state index in [2.05, 4.69) is 41.8 Å². The Hall–Kier alpha value is -1.51. The lowest BCUT2D eigenvalue weighted by Crippen LogP contribution is -2.21. The average Bonchev–Trinajstić information content (AvgIpc) is 2.65. The first-order chi connectivity index (χ1) is 6.79. The summed E-state index contributed by atoms with van der Waals surface area (Å²) in [5.74, 6) is 0. The quantitative estimate of drug-likeness (QED) is 0.730. The van der Waals surface area contributed by atoms with Gasteiger partial charge in [-0.25, -0.2) is 4.79 Å². The average molecular weight is 190 g/mol. The highest BCUT2D eigenvalue weighted by atomic mass is 16.2. The van der Waals surface area contributed by atoms with E-state index in [-0.39, 0.29) is 12.1 Å². The Morgan fingerprint density at radius 3 is 2.57 bits per heavy atom. The first-order valence-electron chi connectivity index (χ1n) is 4.93. The van der Waals surface area contributed by atoms with Crippen LogP contribution in [0, 0.1) is 0 Å². The zero-order chi connectivity index (χ0) is 9.97. The Labute approximate surface area is 83.5 Å². The van der Waals surface area contributed by atoms with Gasteiger partial charge < -0.3 is 10.6 Å². The van der Waals surface area contributed by atoms with Crippen molar-refractivity contribution >= 4 is 6.03 Å². The van der Waals surface area contributed by atoms with Gasteiger partial charge in [0, 0.05) is 6.54 Å². The maximum absolute atomic E-state index is 10.9. The molecule has 2 amide bonds. The number of benzene rings is 1. The number of nitrogens with one attached hydrogen (secondary N) is 2. The molecule has 1 aromatic rings. The molecule has 2 rings (SSSR count). The Morgan fingerprint density at radius 1 is 1.36 bits per heavy atom. The molecule has 1 aliphatic heterocycles. The summed E-state index contributed by atoms with van der Waals surface area (Å²) < 4.78 is 0. The molecule has 0 bridgehead atoms. The maximum Gasteiger partial charge on any atom is 0.315 e.